The van der Waals surface area contributed by atoms with Crippen molar-refractivity contribution >= 4 is 6.71 Å². The second-order valence-electron chi connectivity index (χ2n) is 6.90. The van der Waals surface area contributed by atoms with Crippen molar-refractivity contribution in [3.05, 3.63) is 18.5 Å². The first-order valence-corrected chi connectivity index (χ1v) is 8.41. The molecule has 2 unspecified atom stereocenters. The number of hydrogen-bond donors (Lipinski definition) is 0. The topological polar surface area (TPSA) is 0 Å². The van der Waals surface area contributed by atoms with E-state index >= 15 is 0 Å². The molecule has 0 aromatic rings. The fourth-order valence-corrected chi connectivity index (χ4v) is 2.53. The van der Waals surface area contributed by atoms with Crippen LogP contribution >= 0.6 is 0 Å². The first-order chi connectivity index (χ1) is 8.91. The van der Waals surface area contributed by atoms with E-state index in [9.17, 15) is 0 Å². The van der Waals surface area contributed by atoms with Gasteiger partial charge in [-0.05, 0) is 0 Å². The molecule has 0 heterocycles. The van der Waals surface area contributed by atoms with Gasteiger partial charge in [-0.2, -0.15) is 0 Å². The van der Waals surface area contributed by atoms with Crippen molar-refractivity contribution in [3.63, 3.8) is 0 Å². The Kier molecular flexibility index (Phi) is 14.6. The summed E-state index contributed by atoms with van der Waals surface area (Å²) in [5.41, 5.74) is 0. The predicted molar refractivity (Wildman–Crippen MR) is 91.9 cm³/mol. The molecule has 0 aliphatic rings. The second kappa shape index (κ2) is 13.0. The van der Waals surface area contributed by atoms with Gasteiger partial charge in [-0.3, -0.25) is 5.98 Å². The maximum atomic E-state index is 2.47. The van der Waals surface area contributed by atoms with Crippen LogP contribution in [-0.4, -0.2) is 6.71 Å². The van der Waals surface area contributed by atoms with Crippen LogP contribution in [0.5, 0.6) is 0 Å². The van der Waals surface area contributed by atoms with Crippen molar-refractivity contribution in [3.8, 4) is 0 Å². The molecule has 20 heavy (non-hydrogen) atoms. The maximum absolute atomic E-state index is 2.47. The second-order valence-corrected chi connectivity index (χ2v) is 6.90. The normalized spacial score (nSPS) is 14.4. The summed E-state index contributed by atoms with van der Waals surface area (Å²) in [6.45, 7) is 17.2. The molecule has 0 nitrogen and oxygen atoms in total. The average Bonchev–Trinajstić information content (AvgIpc) is 2.36. The number of rotatable bonds is 10. The van der Waals surface area contributed by atoms with Gasteiger partial charge in [0.2, 0.25) is 0 Å². The van der Waals surface area contributed by atoms with Gasteiger partial charge in [-0.15, -0.1) is 6.42 Å². The Morgan fingerprint density at radius 2 is 1.40 bits per heavy atom. The molecule has 112 valence electrons. The van der Waals surface area contributed by atoms with Crippen LogP contribution < -0.4 is 18.9 Å². The minimum Gasteiger partial charge on any atom is -0.252 e. The van der Waals surface area contributed by atoms with Crippen molar-refractivity contribution in [1.29, 1.82) is 0 Å². The summed E-state index contributed by atoms with van der Waals surface area (Å²) in [7, 11) is 0. The Labute approximate surface area is 141 Å². The fourth-order valence-electron chi connectivity index (χ4n) is 2.53. The zero-order chi connectivity index (χ0) is 14.8. The molecule has 2 heteroatoms. The molecule has 2 atom stereocenters. The van der Waals surface area contributed by atoms with E-state index < -0.39 is 0 Å². The quantitative estimate of drug-likeness (QED) is 0.324. The van der Waals surface area contributed by atoms with Crippen LogP contribution in [0.25, 0.3) is 0 Å². The largest absolute Gasteiger partial charge is 1.00 e. The molecule has 0 spiro atoms. The van der Waals surface area contributed by atoms with Gasteiger partial charge in [0.05, 0.1) is 6.71 Å². The third-order valence-electron chi connectivity index (χ3n) is 4.76. The minimum absolute atomic E-state index is 0. The molecule has 0 saturated heterocycles. The molecule has 0 amide bonds. The Morgan fingerprint density at radius 1 is 0.900 bits per heavy atom. The van der Waals surface area contributed by atoms with Crippen molar-refractivity contribution in [2.45, 2.75) is 85.8 Å². The molecule has 0 N–H and O–H groups in total. The third kappa shape index (κ3) is 9.25. The monoisotopic (exact) mass is 270 g/mol. The van der Waals surface area contributed by atoms with Crippen LogP contribution in [0.1, 0.15) is 74.1 Å². The van der Waals surface area contributed by atoms with Gasteiger partial charge >= 0.3 is 18.9 Å². The van der Waals surface area contributed by atoms with E-state index in [0.717, 1.165) is 23.5 Å². The number of allylic oxidation sites excluding steroid dienone is 1. The molecule has 0 radical (unpaired) electrons. The zero-order valence-corrected chi connectivity index (χ0v) is 15.4. The summed E-state index contributed by atoms with van der Waals surface area (Å²) in [6.07, 6.45) is 9.95. The van der Waals surface area contributed by atoms with Gasteiger partial charge < -0.3 is 0 Å². The molecule has 0 aliphatic heterocycles. The fraction of sp³-hybridized carbons (Fsp3) is 0.833. The van der Waals surface area contributed by atoms with Gasteiger partial charge in [-0.25, -0.2) is 12.5 Å². The summed E-state index contributed by atoms with van der Waals surface area (Å²) < 4.78 is 0. The van der Waals surface area contributed by atoms with E-state index in [1.165, 1.54) is 25.7 Å². The summed E-state index contributed by atoms with van der Waals surface area (Å²) >= 11 is 0. The van der Waals surface area contributed by atoms with Crippen LogP contribution in [0.3, 0.4) is 0 Å². The van der Waals surface area contributed by atoms with E-state index in [-0.39, 0.29) is 18.9 Å². The smallest absolute Gasteiger partial charge is 0.252 e. The summed E-state index contributed by atoms with van der Waals surface area (Å²) in [5.74, 6) is 5.52. The van der Waals surface area contributed by atoms with Crippen LogP contribution in [0.2, 0.25) is 11.6 Å². The SMILES string of the molecule is CCCCC[CH-]/C=C/B(C(C)C(C)C)C(C)C(C)C.[Li+]. The van der Waals surface area contributed by atoms with Crippen LogP contribution in [0.15, 0.2) is 12.1 Å². The summed E-state index contributed by atoms with van der Waals surface area (Å²) in [4.78, 5) is 0. The Balaban J connectivity index is 0. The molecule has 0 fully saturated rings. The molecule has 0 aromatic heterocycles. The first kappa shape index (κ1) is 22.6. The van der Waals surface area contributed by atoms with Crippen LogP contribution in [0.4, 0.5) is 0 Å². The molecule has 0 aromatic carbocycles. The van der Waals surface area contributed by atoms with Crippen molar-refractivity contribution in [2.24, 2.45) is 11.8 Å². The predicted octanol–water partition coefficient (Wildman–Crippen LogP) is 3.46. The zero-order valence-electron chi connectivity index (χ0n) is 15.4. The van der Waals surface area contributed by atoms with Gasteiger partial charge in [0.1, 0.15) is 0 Å². The van der Waals surface area contributed by atoms with Crippen LogP contribution in [0, 0.1) is 18.3 Å². The molecular weight excluding hydrogens is 234 g/mol. The van der Waals surface area contributed by atoms with E-state index in [4.69, 9.17) is 0 Å². The van der Waals surface area contributed by atoms with Crippen molar-refractivity contribution < 1.29 is 18.9 Å². The number of hydrogen-bond acceptors (Lipinski definition) is 0. The van der Waals surface area contributed by atoms with E-state index in [1.807, 2.05) is 0 Å². The Hall–Kier alpha value is 0.272. The molecule has 0 aliphatic carbocycles. The Bertz CT molecular complexity index is 222. The van der Waals surface area contributed by atoms with Gasteiger partial charge in [0.25, 0.3) is 0 Å². The molecule has 0 saturated carbocycles. The van der Waals surface area contributed by atoms with Crippen molar-refractivity contribution in [2.75, 3.05) is 0 Å². The van der Waals surface area contributed by atoms with Gasteiger partial charge in [-0.1, -0.05) is 91.2 Å². The third-order valence-corrected chi connectivity index (χ3v) is 4.76. The van der Waals surface area contributed by atoms with Crippen molar-refractivity contribution in [1.82, 2.24) is 0 Å². The molecule has 0 rings (SSSR count). The minimum atomic E-state index is 0. The maximum Gasteiger partial charge on any atom is 1.00 e. The molecular formula is C18H36BLi. The van der Waals surface area contributed by atoms with E-state index in [2.05, 4.69) is 66.9 Å². The average molecular weight is 270 g/mol. The number of unbranched alkanes of at least 4 members (excludes halogenated alkanes) is 4. The van der Waals surface area contributed by atoms with Gasteiger partial charge in [0.15, 0.2) is 0 Å². The summed E-state index contributed by atoms with van der Waals surface area (Å²) in [5, 5.41) is 0. The standard InChI is InChI=1S/C18H36B.Li/c1-8-9-10-11-12-13-14-19(17(6)15(2)3)18(7)16(4)5;/h12-18H,8-11H2,1-7H3;/q-1;+1/b14-13+;. The Morgan fingerprint density at radius 3 is 1.80 bits per heavy atom. The van der Waals surface area contributed by atoms with Gasteiger partial charge in [0, 0.05) is 0 Å². The molecule has 0 bridgehead atoms. The summed E-state index contributed by atoms with van der Waals surface area (Å²) in [6, 6.07) is 0. The first-order valence-electron chi connectivity index (χ1n) is 8.41. The van der Waals surface area contributed by atoms with Crippen LogP contribution in [-0.2, 0) is 0 Å². The van der Waals surface area contributed by atoms with E-state index in [0.29, 0.717) is 6.71 Å². The van der Waals surface area contributed by atoms with E-state index in [1.54, 1.807) is 0 Å².